The number of aromatic hydroxyl groups is 1. The number of allylic oxidation sites excluding steroid dienone is 3. The summed E-state index contributed by atoms with van der Waals surface area (Å²) in [4.78, 5) is 10.9. The third-order valence-corrected chi connectivity index (χ3v) is 3.40. The van der Waals surface area contributed by atoms with Gasteiger partial charge in [-0.25, -0.2) is 4.98 Å². The molecule has 4 rings (SSSR count). The predicted molar refractivity (Wildman–Crippen MR) is 84.2 cm³/mol. The van der Waals surface area contributed by atoms with Crippen LogP contribution in [-0.2, 0) is 6.42 Å². The summed E-state index contributed by atoms with van der Waals surface area (Å²) in [7, 11) is 0. The Labute approximate surface area is 136 Å². The molecule has 0 radical (unpaired) electrons. The highest BCUT2D eigenvalue weighted by molar-refractivity contribution is 5.64. The molecule has 24 heavy (non-hydrogen) atoms. The minimum absolute atomic E-state index is 0.0366. The van der Waals surface area contributed by atoms with Gasteiger partial charge in [0.25, 0.3) is 0 Å². The summed E-state index contributed by atoms with van der Waals surface area (Å²) < 4.78 is 38.4. The van der Waals surface area contributed by atoms with Crippen molar-refractivity contribution in [2.24, 2.45) is 0 Å². The normalized spacial score (nSPS) is 15.7. The van der Waals surface area contributed by atoms with Crippen LogP contribution in [0, 0.1) is 0 Å². The molecule has 1 fully saturated rings. The SMILES string of the molecule is C1CC1.Oc1cncc(-c2nc3c([nH]2)CC=CC(C(F)(F)F)=C3)c1. The number of rotatable bonds is 1. The number of hydrogen-bond donors (Lipinski definition) is 2. The second-order valence-corrected chi connectivity index (χ2v) is 5.65. The molecule has 2 aliphatic carbocycles. The quantitative estimate of drug-likeness (QED) is 0.812. The number of aromatic nitrogens is 3. The third kappa shape index (κ3) is 4.04. The molecule has 1 saturated carbocycles. The summed E-state index contributed by atoms with van der Waals surface area (Å²) in [5.74, 6) is 0.335. The fourth-order valence-corrected chi connectivity index (χ4v) is 2.07. The minimum Gasteiger partial charge on any atom is -0.506 e. The molecule has 2 aromatic rings. The molecule has 0 aromatic carbocycles. The van der Waals surface area contributed by atoms with Gasteiger partial charge in [-0.2, -0.15) is 13.2 Å². The van der Waals surface area contributed by atoms with E-state index in [9.17, 15) is 18.3 Å². The maximum Gasteiger partial charge on any atom is 0.416 e. The maximum atomic E-state index is 12.8. The van der Waals surface area contributed by atoms with Crippen molar-refractivity contribution in [3.8, 4) is 17.1 Å². The number of halogens is 3. The number of hydrogen-bond acceptors (Lipinski definition) is 3. The molecule has 0 bridgehead atoms. The summed E-state index contributed by atoms with van der Waals surface area (Å²) in [6, 6.07) is 1.44. The van der Waals surface area contributed by atoms with Gasteiger partial charge < -0.3 is 10.1 Å². The largest absolute Gasteiger partial charge is 0.506 e. The van der Waals surface area contributed by atoms with E-state index in [0.29, 0.717) is 23.5 Å². The van der Waals surface area contributed by atoms with Crippen LogP contribution in [0.1, 0.15) is 30.7 Å². The van der Waals surface area contributed by atoms with Gasteiger partial charge in [0.2, 0.25) is 0 Å². The monoisotopic (exact) mass is 335 g/mol. The number of nitrogens with one attached hydrogen (secondary N) is 1. The van der Waals surface area contributed by atoms with Crippen LogP contribution >= 0.6 is 0 Å². The molecule has 0 amide bonds. The van der Waals surface area contributed by atoms with Crippen molar-refractivity contribution in [3.63, 3.8) is 0 Å². The van der Waals surface area contributed by atoms with Gasteiger partial charge in [-0.1, -0.05) is 31.4 Å². The molecule has 2 N–H and O–H groups in total. The van der Waals surface area contributed by atoms with Crippen LogP contribution in [0.4, 0.5) is 13.2 Å². The Bertz CT molecular complexity index is 786. The highest BCUT2D eigenvalue weighted by atomic mass is 19.4. The first-order chi connectivity index (χ1) is 11.4. The number of fused-ring (bicyclic) bond motifs is 1. The highest BCUT2D eigenvalue weighted by Gasteiger charge is 2.32. The summed E-state index contributed by atoms with van der Waals surface area (Å²) in [6.07, 6.45) is 6.65. The van der Waals surface area contributed by atoms with E-state index in [1.807, 2.05) is 0 Å². The molecule has 0 unspecified atom stereocenters. The van der Waals surface area contributed by atoms with E-state index in [1.165, 1.54) is 43.8 Å². The van der Waals surface area contributed by atoms with Crippen LogP contribution in [0.3, 0.4) is 0 Å². The molecule has 7 heteroatoms. The van der Waals surface area contributed by atoms with E-state index in [0.717, 1.165) is 12.2 Å². The second-order valence-electron chi connectivity index (χ2n) is 5.65. The first kappa shape index (κ1) is 16.3. The van der Waals surface area contributed by atoms with Crippen molar-refractivity contribution in [1.29, 1.82) is 0 Å². The van der Waals surface area contributed by atoms with Gasteiger partial charge in [-0.3, -0.25) is 4.98 Å². The molecule has 0 atom stereocenters. The lowest BCUT2D eigenvalue weighted by Crippen LogP contribution is -2.09. The molecule has 2 aliphatic rings. The van der Waals surface area contributed by atoms with E-state index in [2.05, 4.69) is 15.0 Å². The van der Waals surface area contributed by atoms with E-state index < -0.39 is 11.7 Å². The lowest BCUT2D eigenvalue weighted by molar-refractivity contribution is -0.0873. The zero-order valence-corrected chi connectivity index (χ0v) is 12.8. The molecule has 0 saturated heterocycles. The third-order valence-electron chi connectivity index (χ3n) is 3.40. The van der Waals surface area contributed by atoms with E-state index in [4.69, 9.17) is 0 Å². The van der Waals surface area contributed by atoms with Crippen LogP contribution in [-0.4, -0.2) is 26.2 Å². The zero-order valence-electron chi connectivity index (χ0n) is 12.8. The van der Waals surface area contributed by atoms with Crippen molar-refractivity contribution >= 4 is 6.08 Å². The zero-order chi connectivity index (χ0) is 17.2. The molecule has 2 heterocycles. The Morgan fingerprint density at radius 1 is 1.12 bits per heavy atom. The van der Waals surface area contributed by atoms with Gasteiger partial charge >= 0.3 is 6.18 Å². The number of nitrogens with zero attached hydrogens (tertiary/aromatic N) is 2. The van der Waals surface area contributed by atoms with E-state index in [-0.39, 0.29) is 11.4 Å². The fourth-order valence-electron chi connectivity index (χ4n) is 2.07. The molecular weight excluding hydrogens is 319 g/mol. The number of imidazole rings is 1. The lowest BCUT2D eigenvalue weighted by atomic mass is 10.2. The average Bonchev–Trinajstić information content (AvgIpc) is 3.36. The molecule has 2 aromatic heterocycles. The van der Waals surface area contributed by atoms with E-state index >= 15 is 0 Å². The Hall–Kier alpha value is -2.57. The summed E-state index contributed by atoms with van der Waals surface area (Å²) in [6.45, 7) is 0. The van der Waals surface area contributed by atoms with Gasteiger partial charge in [-0.05, 0) is 12.1 Å². The summed E-state index contributed by atoms with van der Waals surface area (Å²) in [5.41, 5.74) is 0.594. The Morgan fingerprint density at radius 3 is 2.50 bits per heavy atom. The van der Waals surface area contributed by atoms with Crippen LogP contribution in [0.25, 0.3) is 17.5 Å². The topological polar surface area (TPSA) is 61.8 Å². The number of pyridine rings is 1. The fraction of sp³-hybridized carbons (Fsp3) is 0.294. The standard InChI is InChI=1S/C14H10F3N3O.C3H6/c15-14(16,17)9-2-1-3-11-12(5-9)20-13(19-11)8-4-10(21)7-18-6-8;1-2-3-1/h1-2,4-7,21H,3H2,(H,19,20);1-3H2. The van der Waals surface area contributed by atoms with Crippen molar-refractivity contribution in [2.75, 3.05) is 0 Å². The number of alkyl halides is 3. The summed E-state index contributed by atoms with van der Waals surface area (Å²) in [5, 5.41) is 9.39. The smallest absolute Gasteiger partial charge is 0.416 e. The van der Waals surface area contributed by atoms with Gasteiger partial charge in [0.05, 0.1) is 17.5 Å². The first-order valence-electron chi connectivity index (χ1n) is 7.62. The first-order valence-corrected chi connectivity index (χ1v) is 7.62. The Morgan fingerprint density at radius 2 is 1.88 bits per heavy atom. The molecule has 4 nitrogen and oxygen atoms in total. The second kappa shape index (κ2) is 6.51. The number of aromatic amines is 1. The molecule has 126 valence electrons. The lowest BCUT2D eigenvalue weighted by Gasteiger charge is -2.05. The highest BCUT2D eigenvalue weighted by Crippen LogP contribution is 2.31. The number of H-pyrrole nitrogens is 1. The van der Waals surface area contributed by atoms with Crippen molar-refractivity contribution in [1.82, 2.24) is 15.0 Å². The minimum atomic E-state index is -4.41. The van der Waals surface area contributed by atoms with Crippen LogP contribution in [0.2, 0.25) is 0 Å². The van der Waals surface area contributed by atoms with Crippen LogP contribution in [0.15, 0.2) is 36.2 Å². The van der Waals surface area contributed by atoms with Crippen molar-refractivity contribution < 1.29 is 18.3 Å². The van der Waals surface area contributed by atoms with E-state index in [1.54, 1.807) is 0 Å². The van der Waals surface area contributed by atoms with Crippen molar-refractivity contribution in [2.45, 2.75) is 31.9 Å². The predicted octanol–water partition coefficient (Wildman–Crippen LogP) is 4.41. The Balaban J connectivity index is 0.000000508. The van der Waals surface area contributed by atoms with Gasteiger partial charge in [0.15, 0.2) is 0 Å². The molecule has 0 spiro atoms. The summed E-state index contributed by atoms with van der Waals surface area (Å²) >= 11 is 0. The van der Waals surface area contributed by atoms with Gasteiger partial charge in [-0.15, -0.1) is 0 Å². The molecular formula is C17H16F3N3O. The van der Waals surface area contributed by atoms with Gasteiger partial charge in [0, 0.05) is 23.9 Å². The van der Waals surface area contributed by atoms with Crippen molar-refractivity contribution in [3.05, 3.63) is 47.6 Å². The molecule has 0 aliphatic heterocycles. The van der Waals surface area contributed by atoms with Gasteiger partial charge in [0.1, 0.15) is 11.6 Å². The Kier molecular flexibility index (Phi) is 4.42. The van der Waals surface area contributed by atoms with Crippen LogP contribution in [0.5, 0.6) is 5.75 Å². The average molecular weight is 335 g/mol. The maximum absolute atomic E-state index is 12.8. The van der Waals surface area contributed by atoms with Crippen LogP contribution < -0.4 is 0 Å².